The van der Waals surface area contributed by atoms with Gasteiger partial charge in [0.2, 0.25) is 10.0 Å². The lowest BCUT2D eigenvalue weighted by molar-refractivity contribution is -0.0752. The van der Waals surface area contributed by atoms with Crippen molar-refractivity contribution >= 4 is 15.9 Å². The summed E-state index contributed by atoms with van der Waals surface area (Å²) in [5.74, 6) is 0.0290. The number of rotatable bonds is 5. The molecular weight excluding hydrogens is 436 g/mol. The molecule has 1 N–H and O–H groups in total. The van der Waals surface area contributed by atoms with Crippen molar-refractivity contribution in [2.75, 3.05) is 13.2 Å². The number of nitrogens with one attached hydrogen (secondary N) is 1. The molecule has 1 aliphatic carbocycles. The molecule has 2 aromatic rings. The molecule has 0 aromatic heterocycles. The summed E-state index contributed by atoms with van der Waals surface area (Å²) in [5, 5.41) is 0. The molecule has 7 heteroatoms. The van der Waals surface area contributed by atoms with Crippen molar-refractivity contribution in [1.82, 2.24) is 9.62 Å². The zero-order chi connectivity index (χ0) is 23.6. The van der Waals surface area contributed by atoms with Crippen molar-refractivity contribution in [3.63, 3.8) is 0 Å². The molecule has 4 rings (SSSR count). The van der Waals surface area contributed by atoms with E-state index < -0.39 is 10.0 Å². The Kier molecular flexibility index (Phi) is 6.93. The number of carbonyl (C=O) groups excluding carboxylic acids is 1. The highest BCUT2D eigenvalue weighted by Gasteiger charge is 2.36. The summed E-state index contributed by atoms with van der Waals surface area (Å²) in [6.07, 6.45) is 4.46. The molecule has 33 heavy (non-hydrogen) atoms. The van der Waals surface area contributed by atoms with E-state index in [9.17, 15) is 13.2 Å². The Labute approximate surface area is 197 Å². The average Bonchev–Trinajstić information content (AvgIpc) is 2.82. The van der Waals surface area contributed by atoms with Crippen molar-refractivity contribution < 1.29 is 17.9 Å². The predicted octanol–water partition coefficient (Wildman–Crippen LogP) is 4.25. The Bertz CT molecular complexity index is 1070. The van der Waals surface area contributed by atoms with Crippen LogP contribution < -0.4 is 4.72 Å². The van der Waals surface area contributed by atoms with Gasteiger partial charge in [-0.25, -0.2) is 13.1 Å². The third-order valence-electron chi connectivity index (χ3n) is 6.69. The fourth-order valence-corrected chi connectivity index (χ4v) is 5.69. The first-order valence-corrected chi connectivity index (χ1v) is 13.3. The number of benzene rings is 2. The maximum Gasteiger partial charge on any atom is 0.254 e. The summed E-state index contributed by atoms with van der Waals surface area (Å²) in [6, 6.07) is 14.4. The smallest absolute Gasteiger partial charge is 0.254 e. The van der Waals surface area contributed by atoms with Gasteiger partial charge in [-0.2, -0.15) is 0 Å². The second-order valence-corrected chi connectivity index (χ2v) is 11.8. The first kappa shape index (κ1) is 23.9. The topological polar surface area (TPSA) is 75.7 Å². The monoisotopic (exact) mass is 470 g/mol. The van der Waals surface area contributed by atoms with Crippen LogP contribution in [0.4, 0.5) is 0 Å². The number of morpholine rings is 1. The van der Waals surface area contributed by atoms with Gasteiger partial charge in [-0.1, -0.05) is 57.9 Å². The number of sulfonamides is 1. The van der Waals surface area contributed by atoms with E-state index in [4.69, 9.17) is 4.74 Å². The zero-order valence-corrected chi connectivity index (χ0v) is 20.5. The molecule has 0 bridgehead atoms. The van der Waals surface area contributed by atoms with Crippen LogP contribution >= 0.6 is 0 Å². The molecule has 2 aliphatic rings. The normalized spacial score (nSPS) is 21.5. The minimum Gasteiger partial charge on any atom is -0.374 e. The van der Waals surface area contributed by atoms with Crippen LogP contribution in [0, 0.1) is 0 Å². The average molecular weight is 471 g/mol. The number of ether oxygens (including phenoxy) is 1. The van der Waals surface area contributed by atoms with E-state index in [2.05, 4.69) is 25.5 Å². The minimum absolute atomic E-state index is 0.0290. The van der Waals surface area contributed by atoms with Gasteiger partial charge in [-0.15, -0.1) is 0 Å². The van der Waals surface area contributed by atoms with E-state index >= 15 is 0 Å². The predicted molar refractivity (Wildman–Crippen MR) is 129 cm³/mol. The highest BCUT2D eigenvalue weighted by atomic mass is 32.2. The molecule has 1 saturated carbocycles. The molecule has 2 aromatic carbocycles. The number of nitrogens with zero attached hydrogens (tertiary/aromatic N) is 1. The third-order valence-corrected chi connectivity index (χ3v) is 8.11. The van der Waals surface area contributed by atoms with Gasteiger partial charge in [0.05, 0.1) is 23.6 Å². The molecule has 1 aliphatic heterocycles. The summed E-state index contributed by atoms with van der Waals surface area (Å²) in [4.78, 5) is 15.3. The lowest BCUT2D eigenvalue weighted by atomic mass is 9.87. The maximum absolute atomic E-state index is 13.1. The minimum atomic E-state index is -3.62. The second kappa shape index (κ2) is 9.57. The van der Waals surface area contributed by atoms with Crippen molar-refractivity contribution in [3.8, 4) is 0 Å². The van der Waals surface area contributed by atoms with Gasteiger partial charge in [-0.3, -0.25) is 4.79 Å². The summed E-state index contributed by atoms with van der Waals surface area (Å²) < 4.78 is 33.9. The Balaban J connectivity index is 1.39. The lowest BCUT2D eigenvalue weighted by Crippen LogP contribution is -2.54. The van der Waals surface area contributed by atoms with Gasteiger partial charge in [0, 0.05) is 18.7 Å². The highest BCUT2D eigenvalue weighted by molar-refractivity contribution is 7.89. The Morgan fingerprint density at radius 2 is 1.70 bits per heavy atom. The van der Waals surface area contributed by atoms with Gasteiger partial charge in [-0.05, 0) is 53.6 Å². The van der Waals surface area contributed by atoms with Crippen LogP contribution in [0.3, 0.4) is 0 Å². The van der Waals surface area contributed by atoms with Crippen LogP contribution in [0.25, 0.3) is 0 Å². The van der Waals surface area contributed by atoms with Gasteiger partial charge >= 0.3 is 0 Å². The van der Waals surface area contributed by atoms with Crippen molar-refractivity contribution in [2.24, 2.45) is 0 Å². The van der Waals surface area contributed by atoms with Crippen molar-refractivity contribution in [2.45, 2.75) is 75.5 Å². The van der Waals surface area contributed by atoms with E-state index in [1.54, 1.807) is 24.3 Å². The van der Waals surface area contributed by atoms with Crippen LogP contribution in [0.5, 0.6) is 0 Å². The fraction of sp³-hybridized carbons (Fsp3) is 0.500. The number of amides is 1. The quantitative estimate of drug-likeness (QED) is 0.709. The largest absolute Gasteiger partial charge is 0.374 e. The molecular formula is C26H34N2O4S. The number of hydrogen-bond donors (Lipinski definition) is 1. The van der Waals surface area contributed by atoms with Gasteiger partial charge in [0.15, 0.2) is 0 Å². The van der Waals surface area contributed by atoms with Gasteiger partial charge in [0.25, 0.3) is 5.91 Å². The Hall–Kier alpha value is -2.22. The number of carbonyl (C=O) groups is 1. The SMILES string of the molecule is CC(C)(C)c1ccc(S(=O)(=O)NCc2ccc(C(=O)N3CCOC4CCCCC43)cc2)cc1. The fourth-order valence-electron chi connectivity index (χ4n) is 4.68. The molecule has 0 radical (unpaired) electrons. The molecule has 1 heterocycles. The van der Waals surface area contributed by atoms with Crippen LogP contribution in [0.1, 0.15) is 67.9 Å². The third kappa shape index (κ3) is 5.48. The zero-order valence-electron chi connectivity index (χ0n) is 19.7. The molecule has 2 atom stereocenters. The van der Waals surface area contributed by atoms with E-state index in [0.717, 1.165) is 36.8 Å². The first-order valence-electron chi connectivity index (χ1n) is 11.8. The Morgan fingerprint density at radius 1 is 1.03 bits per heavy atom. The van der Waals surface area contributed by atoms with E-state index in [0.29, 0.717) is 18.7 Å². The van der Waals surface area contributed by atoms with Crippen LogP contribution in [-0.4, -0.2) is 44.5 Å². The van der Waals surface area contributed by atoms with E-state index in [-0.39, 0.29) is 34.9 Å². The number of fused-ring (bicyclic) bond motifs is 1. The molecule has 6 nitrogen and oxygen atoms in total. The van der Waals surface area contributed by atoms with E-state index in [1.807, 2.05) is 29.2 Å². The second-order valence-electron chi connectivity index (χ2n) is 10.1. The summed E-state index contributed by atoms with van der Waals surface area (Å²) in [5.41, 5.74) is 2.49. The Morgan fingerprint density at radius 3 is 2.36 bits per heavy atom. The molecule has 0 spiro atoms. The molecule has 1 amide bonds. The van der Waals surface area contributed by atoms with Gasteiger partial charge < -0.3 is 9.64 Å². The van der Waals surface area contributed by atoms with Crippen molar-refractivity contribution in [3.05, 3.63) is 65.2 Å². The maximum atomic E-state index is 13.1. The summed E-state index contributed by atoms with van der Waals surface area (Å²) >= 11 is 0. The van der Waals surface area contributed by atoms with Crippen LogP contribution in [0.15, 0.2) is 53.4 Å². The van der Waals surface area contributed by atoms with Gasteiger partial charge in [0.1, 0.15) is 0 Å². The van der Waals surface area contributed by atoms with E-state index in [1.165, 1.54) is 0 Å². The summed E-state index contributed by atoms with van der Waals surface area (Å²) in [6.45, 7) is 7.65. The number of hydrogen-bond acceptors (Lipinski definition) is 4. The molecule has 178 valence electrons. The lowest BCUT2D eigenvalue weighted by Gasteiger charge is -2.43. The first-order chi connectivity index (χ1) is 15.6. The molecule has 2 unspecified atom stereocenters. The van der Waals surface area contributed by atoms with Crippen LogP contribution in [-0.2, 0) is 26.7 Å². The standard InChI is InChI=1S/C26H34N2O4S/c1-26(2,3)21-12-14-22(15-13-21)33(30,31)27-18-19-8-10-20(11-9-19)25(29)28-16-17-32-24-7-5-4-6-23(24)28/h8-15,23-24,27H,4-7,16-18H2,1-3H3. The van der Waals surface area contributed by atoms with Crippen molar-refractivity contribution in [1.29, 1.82) is 0 Å². The van der Waals surface area contributed by atoms with Crippen LogP contribution in [0.2, 0.25) is 0 Å². The highest BCUT2D eigenvalue weighted by Crippen LogP contribution is 2.29. The summed E-state index contributed by atoms with van der Waals surface area (Å²) in [7, 11) is -3.62. The molecule has 1 saturated heterocycles. The molecule has 2 fully saturated rings.